The Morgan fingerprint density at radius 3 is 2.71 bits per heavy atom. The van der Waals surface area contributed by atoms with Crippen LogP contribution in [0.15, 0.2) is 47.4 Å². The molecule has 2 N–H and O–H groups in total. The summed E-state index contributed by atoms with van der Waals surface area (Å²) >= 11 is 3.59. The molecule has 0 atom stereocenters. The Hall–Kier alpha value is -1.21. The van der Waals surface area contributed by atoms with E-state index in [4.69, 9.17) is 5.73 Å². The van der Waals surface area contributed by atoms with Gasteiger partial charge in [-0.15, -0.1) is 23.1 Å². The molecule has 0 unspecified atom stereocenters. The lowest BCUT2D eigenvalue weighted by Gasteiger charge is -1.97. The minimum atomic E-state index is 0.423. The fourth-order valence-corrected chi connectivity index (χ4v) is 3.18. The minimum absolute atomic E-state index is 0.423. The van der Waals surface area contributed by atoms with Crippen molar-refractivity contribution in [2.24, 2.45) is 5.73 Å². The summed E-state index contributed by atoms with van der Waals surface area (Å²) < 4.78 is 0. The molecule has 0 radical (unpaired) electrons. The van der Waals surface area contributed by atoms with Crippen LogP contribution >= 0.6 is 23.1 Å². The molecule has 1 heterocycles. The Bertz CT molecular complexity index is 520. The first-order valence-electron chi connectivity index (χ1n) is 5.34. The lowest BCUT2D eigenvalue weighted by atomic mass is 10.4. The van der Waals surface area contributed by atoms with Gasteiger partial charge >= 0.3 is 0 Å². The quantitative estimate of drug-likeness (QED) is 0.676. The molecule has 1 aromatic carbocycles. The van der Waals surface area contributed by atoms with E-state index in [2.05, 4.69) is 48.2 Å². The third-order valence-electron chi connectivity index (χ3n) is 2.10. The molecule has 0 amide bonds. The number of thiophene rings is 1. The highest BCUT2D eigenvalue weighted by Gasteiger charge is 1.99. The van der Waals surface area contributed by atoms with Crippen molar-refractivity contribution in [3.63, 3.8) is 0 Å². The van der Waals surface area contributed by atoms with E-state index in [1.807, 2.05) is 17.8 Å². The third kappa shape index (κ3) is 3.94. The number of nitrogens with two attached hydrogens (primary N) is 1. The van der Waals surface area contributed by atoms with Crippen molar-refractivity contribution in [3.8, 4) is 11.8 Å². The predicted octanol–water partition coefficient (Wildman–Crippen LogP) is 3.35. The second-order valence-corrected chi connectivity index (χ2v) is 5.59. The molecule has 0 spiro atoms. The molecule has 1 nitrogen and oxygen atoms in total. The molecule has 86 valence electrons. The van der Waals surface area contributed by atoms with Crippen LogP contribution in [0.2, 0.25) is 0 Å². The summed E-state index contributed by atoms with van der Waals surface area (Å²) in [5, 5.41) is 0. The SMILES string of the molecule is NCC#Cc1ccc(CSc2ccccc2)s1. The molecule has 0 bridgehead atoms. The maximum atomic E-state index is 5.34. The molecule has 2 aromatic rings. The van der Waals surface area contributed by atoms with Gasteiger partial charge in [-0.3, -0.25) is 0 Å². The van der Waals surface area contributed by atoms with Gasteiger partial charge in [0.2, 0.25) is 0 Å². The molecule has 0 aliphatic carbocycles. The van der Waals surface area contributed by atoms with Crippen molar-refractivity contribution < 1.29 is 0 Å². The summed E-state index contributed by atoms with van der Waals surface area (Å²) in [5.74, 6) is 6.93. The third-order valence-corrected chi connectivity index (χ3v) is 4.34. The molecular weight excluding hydrogens is 246 g/mol. The molecule has 0 saturated carbocycles. The van der Waals surface area contributed by atoms with Crippen molar-refractivity contribution in [1.82, 2.24) is 0 Å². The average Bonchev–Trinajstić information content (AvgIpc) is 2.83. The van der Waals surface area contributed by atoms with Gasteiger partial charge in [-0.25, -0.2) is 0 Å². The first-order chi connectivity index (χ1) is 8.38. The summed E-state index contributed by atoms with van der Waals surface area (Å²) in [6.07, 6.45) is 0. The zero-order valence-electron chi connectivity index (χ0n) is 9.35. The van der Waals surface area contributed by atoms with E-state index in [0.29, 0.717) is 6.54 Å². The van der Waals surface area contributed by atoms with Crippen molar-refractivity contribution in [2.75, 3.05) is 6.54 Å². The number of hydrogen-bond donors (Lipinski definition) is 1. The Kier molecular flexibility index (Phi) is 4.69. The normalized spacial score (nSPS) is 9.71. The Labute approximate surface area is 110 Å². The number of rotatable bonds is 3. The van der Waals surface area contributed by atoms with Gasteiger partial charge in [-0.1, -0.05) is 30.0 Å². The number of benzene rings is 1. The van der Waals surface area contributed by atoms with E-state index < -0.39 is 0 Å². The highest BCUT2D eigenvalue weighted by molar-refractivity contribution is 7.98. The van der Waals surface area contributed by atoms with Crippen LogP contribution in [0.5, 0.6) is 0 Å². The van der Waals surface area contributed by atoms with Crippen LogP contribution in [0.3, 0.4) is 0 Å². The Morgan fingerprint density at radius 1 is 1.12 bits per heavy atom. The highest BCUT2D eigenvalue weighted by atomic mass is 32.2. The van der Waals surface area contributed by atoms with Gasteiger partial charge in [0.05, 0.1) is 11.4 Å². The van der Waals surface area contributed by atoms with Crippen molar-refractivity contribution in [2.45, 2.75) is 10.6 Å². The molecular formula is C14H13NS2. The van der Waals surface area contributed by atoms with Crippen LogP contribution in [0, 0.1) is 11.8 Å². The highest BCUT2D eigenvalue weighted by Crippen LogP contribution is 2.26. The summed E-state index contributed by atoms with van der Waals surface area (Å²) in [6.45, 7) is 0.423. The van der Waals surface area contributed by atoms with Crippen molar-refractivity contribution in [3.05, 3.63) is 52.2 Å². The minimum Gasteiger partial charge on any atom is -0.320 e. The number of hydrogen-bond acceptors (Lipinski definition) is 3. The zero-order chi connectivity index (χ0) is 11.9. The summed E-state index contributed by atoms with van der Waals surface area (Å²) in [5.41, 5.74) is 5.34. The Balaban J connectivity index is 1.94. The van der Waals surface area contributed by atoms with Gasteiger partial charge in [0, 0.05) is 15.5 Å². The van der Waals surface area contributed by atoms with Gasteiger partial charge in [-0.2, -0.15) is 0 Å². The van der Waals surface area contributed by atoms with Crippen LogP contribution in [-0.4, -0.2) is 6.54 Å². The van der Waals surface area contributed by atoms with Crippen LogP contribution in [-0.2, 0) is 5.75 Å². The monoisotopic (exact) mass is 259 g/mol. The standard InChI is InChI=1S/C14H13NS2/c15-10-4-7-13-8-9-14(17-13)11-16-12-5-2-1-3-6-12/h1-3,5-6,8-9H,10-11,15H2. The van der Waals surface area contributed by atoms with E-state index >= 15 is 0 Å². The summed E-state index contributed by atoms with van der Waals surface area (Å²) in [4.78, 5) is 3.75. The fraction of sp³-hybridized carbons (Fsp3) is 0.143. The molecule has 0 fully saturated rings. The second kappa shape index (κ2) is 6.51. The summed E-state index contributed by atoms with van der Waals surface area (Å²) in [6, 6.07) is 14.6. The van der Waals surface area contributed by atoms with Gasteiger partial charge in [0.1, 0.15) is 0 Å². The molecule has 0 aliphatic heterocycles. The molecule has 0 aliphatic rings. The largest absolute Gasteiger partial charge is 0.320 e. The van der Waals surface area contributed by atoms with Crippen molar-refractivity contribution in [1.29, 1.82) is 0 Å². The van der Waals surface area contributed by atoms with Gasteiger partial charge < -0.3 is 5.73 Å². The molecule has 2 rings (SSSR count). The maximum absolute atomic E-state index is 5.34. The van der Waals surface area contributed by atoms with Crippen LogP contribution < -0.4 is 5.73 Å². The second-order valence-electron chi connectivity index (χ2n) is 3.37. The average molecular weight is 259 g/mol. The fourth-order valence-electron chi connectivity index (χ4n) is 1.33. The van der Waals surface area contributed by atoms with E-state index in [-0.39, 0.29) is 0 Å². The smallest absolute Gasteiger partial charge is 0.0772 e. The lowest BCUT2D eigenvalue weighted by molar-refractivity contribution is 1.30. The summed E-state index contributed by atoms with van der Waals surface area (Å²) in [7, 11) is 0. The van der Waals surface area contributed by atoms with Crippen molar-refractivity contribution >= 4 is 23.1 Å². The van der Waals surface area contributed by atoms with E-state index in [1.165, 1.54) is 9.77 Å². The van der Waals surface area contributed by atoms with E-state index in [9.17, 15) is 0 Å². The predicted molar refractivity (Wildman–Crippen MR) is 76.3 cm³/mol. The lowest BCUT2D eigenvalue weighted by Crippen LogP contribution is -1.92. The van der Waals surface area contributed by atoms with Crippen LogP contribution in [0.1, 0.15) is 9.75 Å². The number of thioether (sulfide) groups is 1. The van der Waals surface area contributed by atoms with Gasteiger partial charge in [0.25, 0.3) is 0 Å². The maximum Gasteiger partial charge on any atom is 0.0772 e. The van der Waals surface area contributed by atoms with Gasteiger partial charge in [-0.05, 0) is 24.3 Å². The molecule has 1 aromatic heterocycles. The van der Waals surface area contributed by atoms with Gasteiger partial charge in [0.15, 0.2) is 0 Å². The van der Waals surface area contributed by atoms with E-state index in [1.54, 1.807) is 11.3 Å². The van der Waals surface area contributed by atoms with Crippen LogP contribution in [0.25, 0.3) is 0 Å². The van der Waals surface area contributed by atoms with E-state index in [0.717, 1.165) is 10.6 Å². The molecule has 17 heavy (non-hydrogen) atoms. The first kappa shape index (κ1) is 12.3. The molecule has 0 saturated heterocycles. The van der Waals surface area contributed by atoms with Crippen LogP contribution in [0.4, 0.5) is 0 Å². The zero-order valence-corrected chi connectivity index (χ0v) is 11.0. The molecule has 3 heteroatoms. The topological polar surface area (TPSA) is 26.0 Å². The Morgan fingerprint density at radius 2 is 1.94 bits per heavy atom. The first-order valence-corrected chi connectivity index (χ1v) is 7.14.